The second kappa shape index (κ2) is 8.49. The molecule has 0 saturated heterocycles. The molecule has 5 heteroatoms. The predicted octanol–water partition coefficient (Wildman–Crippen LogP) is 1.61. The zero-order valence-corrected chi connectivity index (χ0v) is 9.08. The van der Waals surface area contributed by atoms with Crippen molar-refractivity contribution in [2.75, 3.05) is 18.1 Å². The molecule has 3 N–H and O–H groups in total. The van der Waals surface area contributed by atoms with Crippen LogP contribution in [0.5, 0.6) is 0 Å². The molecular formula is C6H14N2S3. The van der Waals surface area contributed by atoms with E-state index in [4.69, 9.17) is 5.73 Å². The Balaban J connectivity index is 2.85. The van der Waals surface area contributed by atoms with E-state index >= 15 is 0 Å². The van der Waals surface area contributed by atoms with Gasteiger partial charge in [-0.05, 0) is 18.6 Å². The van der Waals surface area contributed by atoms with Gasteiger partial charge in [0.15, 0.2) is 5.11 Å². The molecule has 0 radical (unpaired) electrons. The third-order valence-corrected chi connectivity index (χ3v) is 3.61. The van der Waals surface area contributed by atoms with Crippen molar-refractivity contribution in [2.45, 2.75) is 13.3 Å². The van der Waals surface area contributed by atoms with Gasteiger partial charge in [0.25, 0.3) is 0 Å². The van der Waals surface area contributed by atoms with Crippen molar-refractivity contribution in [1.29, 1.82) is 0 Å². The van der Waals surface area contributed by atoms with Gasteiger partial charge in [0.05, 0.1) is 0 Å². The summed E-state index contributed by atoms with van der Waals surface area (Å²) in [5.74, 6) is 2.28. The van der Waals surface area contributed by atoms with E-state index in [1.54, 1.807) is 0 Å². The molecule has 11 heavy (non-hydrogen) atoms. The maximum atomic E-state index is 5.24. The topological polar surface area (TPSA) is 38.0 Å². The highest BCUT2D eigenvalue weighted by atomic mass is 33.1. The molecule has 0 rings (SSSR count). The summed E-state index contributed by atoms with van der Waals surface area (Å²) in [6.07, 6.45) is 1.24. The summed E-state index contributed by atoms with van der Waals surface area (Å²) >= 11 is 4.65. The number of hydrogen-bond donors (Lipinski definition) is 2. The van der Waals surface area contributed by atoms with Crippen LogP contribution in [0.15, 0.2) is 0 Å². The molecule has 0 aliphatic rings. The lowest BCUT2D eigenvalue weighted by atomic mass is 10.6. The molecule has 0 aliphatic heterocycles. The van der Waals surface area contributed by atoms with Gasteiger partial charge in [-0.25, -0.2) is 0 Å². The standard InChI is InChI=1S/C6H14N2S3/c1-2-4-10-11-5-3-8-6(7)9/h2-5H2,1H3,(H3,7,8,9). The fraction of sp³-hybridized carbons (Fsp3) is 0.833. The summed E-state index contributed by atoms with van der Waals surface area (Å²) in [6.45, 7) is 3.05. The average Bonchev–Trinajstić information content (AvgIpc) is 1.96. The average molecular weight is 210 g/mol. The van der Waals surface area contributed by atoms with Crippen LogP contribution in [-0.4, -0.2) is 23.2 Å². The van der Waals surface area contributed by atoms with Crippen LogP contribution in [0.25, 0.3) is 0 Å². The first kappa shape index (κ1) is 11.4. The number of rotatable bonds is 6. The normalized spacial score (nSPS) is 9.55. The zero-order valence-electron chi connectivity index (χ0n) is 6.63. The van der Waals surface area contributed by atoms with E-state index in [1.165, 1.54) is 12.2 Å². The van der Waals surface area contributed by atoms with Gasteiger partial charge in [-0.2, -0.15) is 0 Å². The lowest BCUT2D eigenvalue weighted by Crippen LogP contribution is -2.30. The Morgan fingerprint density at radius 3 is 2.64 bits per heavy atom. The molecular weight excluding hydrogens is 196 g/mol. The van der Waals surface area contributed by atoms with E-state index in [2.05, 4.69) is 24.5 Å². The van der Waals surface area contributed by atoms with Gasteiger partial charge in [0, 0.05) is 18.1 Å². The molecule has 0 aliphatic carbocycles. The molecule has 0 aromatic rings. The van der Waals surface area contributed by atoms with Crippen LogP contribution in [0.4, 0.5) is 0 Å². The number of nitrogens with two attached hydrogens (primary N) is 1. The number of thiocarbonyl (C=S) groups is 1. The second-order valence-corrected chi connectivity index (χ2v) is 5.08. The molecule has 66 valence electrons. The van der Waals surface area contributed by atoms with Crippen LogP contribution >= 0.6 is 33.8 Å². The SMILES string of the molecule is CCCSSCCNC(N)=S. The Kier molecular flexibility index (Phi) is 8.79. The molecule has 0 unspecified atom stereocenters. The Bertz CT molecular complexity index is 108. The lowest BCUT2D eigenvalue weighted by molar-refractivity contribution is 0.986. The first-order valence-electron chi connectivity index (χ1n) is 3.55. The smallest absolute Gasteiger partial charge is 0.163 e. The van der Waals surface area contributed by atoms with Gasteiger partial charge in [-0.3, -0.25) is 0 Å². The number of hydrogen-bond acceptors (Lipinski definition) is 3. The minimum atomic E-state index is 0.395. The Morgan fingerprint density at radius 2 is 2.09 bits per heavy atom. The molecule has 0 saturated carbocycles. The fourth-order valence-corrected chi connectivity index (χ4v) is 2.56. The maximum Gasteiger partial charge on any atom is 0.163 e. The highest BCUT2D eigenvalue weighted by Gasteiger charge is 1.89. The molecule has 0 bridgehead atoms. The monoisotopic (exact) mass is 210 g/mol. The van der Waals surface area contributed by atoms with Crippen LogP contribution in [0.1, 0.15) is 13.3 Å². The molecule has 0 aromatic heterocycles. The summed E-state index contributed by atoms with van der Waals surface area (Å²) in [4.78, 5) is 0. The fourth-order valence-electron chi connectivity index (χ4n) is 0.417. The molecule has 0 amide bonds. The summed E-state index contributed by atoms with van der Waals surface area (Å²) < 4.78 is 0. The molecule has 0 aromatic carbocycles. The number of nitrogens with one attached hydrogen (secondary N) is 1. The van der Waals surface area contributed by atoms with Crippen molar-refractivity contribution in [1.82, 2.24) is 5.32 Å². The predicted molar refractivity (Wildman–Crippen MR) is 60.0 cm³/mol. The van der Waals surface area contributed by atoms with E-state index in [0.29, 0.717) is 5.11 Å². The minimum absolute atomic E-state index is 0.395. The van der Waals surface area contributed by atoms with Gasteiger partial charge in [-0.15, -0.1) is 0 Å². The molecule has 0 atom stereocenters. The van der Waals surface area contributed by atoms with Crippen molar-refractivity contribution in [3.05, 3.63) is 0 Å². The van der Waals surface area contributed by atoms with Crippen molar-refractivity contribution in [2.24, 2.45) is 5.73 Å². The van der Waals surface area contributed by atoms with E-state index in [9.17, 15) is 0 Å². The third-order valence-electron chi connectivity index (χ3n) is 0.855. The van der Waals surface area contributed by atoms with Gasteiger partial charge in [0.1, 0.15) is 0 Å². The van der Waals surface area contributed by atoms with Crippen LogP contribution in [0.2, 0.25) is 0 Å². The summed E-state index contributed by atoms with van der Waals surface area (Å²) in [7, 11) is 3.76. The van der Waals surface area contributed by atoms with E-state index in [1.807, 2.05) is 21.6 Å². The Hall–Kier alpha value is 0.390. The Morgan fingerprint density at radius 1 is 1.45 bits per heavy atom. The van der Waals surface area contributed by atoms with Crippen molar-refractivity contribution in [3.63, 3.8) is 0 Å². The molecule has 2 nitrogen and oxygen atoms in total. The first-order valence-corrected chi connectivity index (χ1v) is 6.44. The van der Waals surface area contributed by atoms with Crippen LogP contribution in [-0.2, 0) is 0 Å². The largest absolute Gasteiger partial charge is 0.376 e. The van der Waals surface area contributed by atoms with Gasteiger partial charge in [0.2, 0.25) is 0 Å². The van der Waals surface area contributed by atoms with Gasteiger partial charge in [-0.1, -0.05) is 28.5 Å². The maximum absolute atomic E-state index is 5.24. The highest BCUT2D eigenvalue weighted by Crippen LogP contribution is 2.20. The summed E-state index contributed by atoms with van der Waals surface area (Å²) in [5, 5.41) is 3.29. The van der Waals surface area contributed by atoms with E-state index < -0.39 is 0 Å². The zero-order chi connectivity index (χ0) is 8.53. The van der Waals surface area contributed by atoms with Crippen LogP contribution in [0, 0.1) is 0 Å². The quantitative estimate of drug-likeness (QED) is 0.396. The van der Waals surface area contributed by atoms with Crippen molar-refractivity contribution in [3.8, 4) is 0 Å². The van der Waals surface area contributed by atoms with Crippen LogP contribution in [0.3, 0.4) is 0 Å². The highest BCUT2D eigenvalue weighted by molar-refractivity contribution is 8.76. The van der Waals surface area contributed by atoms with Crippen molar-refractivity contribution >= 4 is 38.9 Å². The van der Waals surface area contributed by atoms with E-state index in [0.717, 1.165) is 12.3 Å². The second-order valence-electron chi connectivity index (χ2n) is 1.93. The van der Waals surface area contributed by atoms with Gasteiger partial charge >= 0.3 is 0 Å². The third kappa shape index (κ3) is 10.4. The van der Waals surface area contributed by atoms with Crippen LogP contribution < -0.4 is 11.1 Å². The summed E-state index contributed by atoms with van der Waals surface area (Å²) in [6, 6.07) is 0. The Labute approximate surface area is 81.5 Å². The molecule has 0 fully saturated rings. The lowest BCUT2D eigenvalue weighted by Gasteiger charge is -2.01. The van der Waals surface area contributed by atoms with E-state index in [-0.39, 0.29) is 0 Å². The first-order chi connectivity index (χ1) is 5.27. The minimum Gasteiger partial charge on any atom is -0.376 e. The molecule has 0 heterocycles. The molecule has 0 spiro atoms. The van der Waals surface area contributed by atoms with Gasteiger partial charge < -0.3 is 11.1 Å². The van der Waals surface area contributed by atoms with Crippen molar-refractivity contribution < 1.29 is 0 Å². The summed E-state index contributed by atoms with van der Waals surface area (Å²) in [5.41, 5.74) is 5.24.